The quantitative estimate of drug-likeness (QED) is 0.905. The normalized spacial score (nSPS) is 12.6. The van der Waals surface area contributed by atoms with Gasteiger partial charge in [-0.3, -0.25) is 9.67 Å². The first kappa shape index (κ1) is 12.1. The van der Waals surface area contributed by atoms with Crippen molar-refractivity contribution in [2.75, 3.05) is 7.05 Å². The fraction of sp³-hybridized carbons (Fsp3) is 0.333. The minimum Gasteiger partial charge on any atom is -0.308 e. The second kappa shape index (κ2) is 5.29. The van der Waals surface area contributed by atoms with Crippen LogP contribution in [0.3, 0.4) is 0 Å². The van der Waals surface area contributed by atoms with Crippen LogP contribution < -0.4 is 5.32 Å². The molecule has 0 bridgehead atoms. The number of rotatable bonds is 4. The van der Waals surface area contributed by atoms with Gasteiger partial charge in [-0.05, 0) is 31.7 Å². The summed E-state index contributed by atoms with van der Waals surface area (Å²) in [6.45, 7) is 2.90. The molecule has 0 saturated carbocycles. The van der Waals surface area contributed by atoms with E-state index in [-0.39, 0.29) is 6.04 Å². The maximum Gasteiger partial charge on any atom is 0.0761 e. The highest BCUT2D eigenvalue weighted by molar-refractivity contribution is 6.31. The molecular formula is C12H15ClN4. The van der Waals surface area contributed by atoms with Crippen molar-refractivity contribution in [2.24, 2.45) is 0 Å². The van der Waals surface area contributed by atoms with Crippen molar-refractivity contribution >= 4 is 11.6 Å². The SMILES string of the molecule is CCn1nccc1C(NC)c1ccncc1Cl. The van der Waals surface area contributed by atoms with Gasteiger partial charge >= 0.3 is 0 Å². The lowest BCUT2D eigenvalue weighted by molar-refractivity contribution is 0.563. The topological polar surface area (TPSA) is 42.7 Å². The van der Waals surface area contributed by atoms with Gasteiger partial charge in [-0.15, -0.1) is 0 Å². The molecule has 2 aromatic heterocycles. The van der Waals surface area contributed by atoms with Gasteiger partial charge in [-0.2, -0.15) is 5.10 Å². The first-order valence-electron chi connectivity index (χ1n) is 5.56. The van der Waals surface area contributed by atoms with E-state index in [0.717, 1.165) is 17.8 Å². The van der Waals surface area contributed by atoms with Crippen LogP contribution in [0.15, 0.2) is 30.7 Å². The highest BCUT2D eigenvalue weighted by Crippen LogP contribution is 2.26. The summed E-state index contributed by atoms with van der Waals surface area (Å²) in [5.74, 6) is 0. The Balaban J connectivity index is 2.44. The van der Waals surface area contributed by atoms with Crippen LogP contribution in [0.2, 0.25) is 5.02 Å². The van der Waals surface area contributed by atoms with E-state index in [2.05, 4.69) is 22.3 Å². The summed E-state index contributed by atoms with van der Waals surface area (Å²) in [7, 11) is 1.91. The molecule has 0 aliphatic rings. The number of aromatic nitrogens is 3. The van der Waals surface area contributed by atoms with Crippen molar-refractivity contribution in [3.8, 4) is 0 Å². The number of hydrogen-bond acceptors (Lipinski definition) is 3. The summed E-state index contributed by atoms with van der Waals surface area (Å²) < 4.78 is 1.96. The van der Waals surface area contributed by atoms with Crippen LogP contribution in [-0.4, -0.2) is 21.8 Å². The second-order valence-electron chi connectivity index (χ2n) is 3.69. The summed E-state index contributed by atoms with van der Waals surface area (Å²) in [4.78, 5) is 4.00. The number of hydrogen-bond donors (Lipinski definition) is 1. The lowest BCUT2D eigenvalue weighted by Gasteiger charge is -2.18. The molecule has 0 aromatic carbocycles. The van der Waals surface area contributed by atoms with Crippen molar-refractivity contribution in [3.63, 3.8) is 0 Å². The van der Waals surface area contributed by atoms with Gasteiger partial charge in [0.05, 0.1) is 16.8 Å². The smallest absolute Gasteiger partial charge is 0.0761 e. The van der Waals surface area contributed by atoms with Gasteiger partial charge in [0.2, 0.25) is 0 Å². The van der Waals surface area contributed by atoms with Crippen LogP contribution in [0.1, 0.15) is 24.2 Å². The van der Waals surface area contributed by atoms with E-state index >= 15 is 0 Å². The fourth-order valence-corrected chi connectivity index (χ4v) is 2.16. The van der Waals surface area contributed by atoms with Gasteiger partial charge in [0.25, 0.3) is 0 Å². The lowest BCUT2D eigenvalue weighted by atomic mass is 10.1. The molecule has 1 atom stereocenters. The van der Waals surface area contributed by atoms with Crippen LogP contribution in [0.5, 0.6) is 0 Å². The van der Waals surface area contributed by atoms with Crippen molar-refractivity contribution in [3.05, 3.63) is 47.0 Å². The van der Waals surface area contributed by atoms with Crippen LogP contribution in [0.4, 0.5) is 0 Å². The lowest BCUT2D eigenvalue weighted by Crippen LogP contribution is -2.21. The van der Waals surface area contributed by atoms with Crippen molar-refractivity contribution in [1.82, 2.24) is 20.1 Å². The Morgan fingerprint density at radius 1 is 1.41 bits per heavy atom. The van der Waals surface area contributed by atoms with Gasteiger partial charge in [0, 0.05) is 25.1 Å². The number of halogens is 1. The summed E-state index contributed by atoms with van der Waals surface area (Å²) >= 11 is 6.18. The molecule has 0 amide bonds. The van der Waals surface area contributed by atoms with E-state index in [9.17, 15) is 0 Å². The van der Waals surface area contributed by atoms with Crippen LogP contribution in [0, 0.1) is 0 Å². The summed E-state index contributed by atoms with van der Waals surface area (Å²) in [6.07, 6.45) is 5.21. The number of nitrogens with zero attached hydrogens (tertiary/aromatic N) is 3. The zero-order valence-corrected chi connectivity index (χ0v) is 10.6. The summed E-state index contributed by atoms with van der Waals surface area (Å²) in [5, 5.41) is 8.20. The molecule has 0 radical (unpaired) electrons. The van der Waals surface area contributed by atoms with Crippen molar-refractivity contribution in [1.29, 1.82) is 0 Å². The molecule has 1 N–H and O–H groups in total. The van der Waals surface area contributed by atoms with Crippen molar-refractivity contribution in [2.45, 2.75) is 19.5 Å². The van der Waals surface area contributed by atoms with Gasteiger partial charge in [0.1, 0.15) is 0 Å². The average Bonchev–Trinajstić information content (AvgIpc) is 2.81. The fourth-order valence-electron chi connectivity index (χ4n) is 1.94. The van der Waals surface area contributed by atoms with Crippen LogP contribution in [0.25, 0.3) is 0 Å². The van der Waals surface area contributed by atoms with E-state index in [1.54, 1.807) is 18.6 Å². The third kappa shape index (κ3) is 2.33. The molecule has 2 rings (SSSR count). The Morgan fingerprint density at radius 2 is 2.24 bits per heavy atom. The molecule has 2 aromatic rings. The molecular weight excluding hydrogens is 236 g/mol. The van der Waals surface area contributed by atoms with E-state index in [1.165, 1.54) is 0 Å². The Bertz CT molecular complexity index is 495. The first-order chi connectivity index (χ1) is 8.27. The predicted octanol–water partition coefficient (Wildman–Crippen LogP) is 2.26. The van der Waals surface area contributed by atoms with Crippen LogP contribution in [-0.2, 0) is 6.54 Å². The minimum absolute atomic E-state index is 0.0351. The van der Waals surface area contributed by atoms with E-state index in [0.29, 0.717) is 5.02 Å². The Hall–Kier alpha value is -1.39. The molecule has 0 aliphatic carbocycles. The number of nitrogens with one attached hydrogen (secondary N) is 1. The zero-order valence-electron chi connectivity index (χ0n) is 9.89. The molecule has 17 heavy (non-hydrogen) atoms. The number of aryl methyl sites for hydroxylation is 1. The maximum absolute atomic E-state index is 6.18. The standard InChI is InChI=1S/C12H15ClN4/c1-3-17-11(5-7-16-17)12(14-2)9-4-6-15-8-10(9)13/h4-8,12,14H,3H2,1-2H3. The first-order valence-corrected chi connectivity index (χ1v) is 5.94. The highest BCUT2D eigenvalue weighted by Gasteiger charge is 2.18. The average molecular weight is 251 g/mol. The van der Waals surface area contributed by atoms with Gasteiger partial charge < -0.3 is 5.32 Å². The molecule has 0 spiro atoms. The third-order valence-electron chi connectivity index (χ3n) is 2.75. The highest BCUT2D eigenvalue weighted by atomic mass is 35.5. The largest absolute Gasteiger partial charge is 0.308 e. The predicted molar refractivity (Wildman–Crippen MR) is 68.1 cm³/mol. The monoisotopic (exact) mass is 250 g/mol. The van der Waals surface area contributed by atoms with E-state index in [4.69, 9.17) is 11.6 Å². The van der Waals surface area contributed by atoms with Crippen molar-refractivity contribution < 1.29 is 0 Å². The molecule has 90 valence electrons. The van der Waals surface area contributed by atoms with E-state index < -0.39 is 0 Å². The summed E-state index contributed by atoms with van der Waals surface area (Å²) in [6, 6.07) is 3.96. The third-order valence-corrected chi connectivity index (χ3v) is 3.06. The molecule has 1 unspecified atom stereocenters. The van der Waals surface area contributed by atoms with Crippen LogP contribution >= 0.6 is 11.6 Å². The molecule has 5 heteroatoms. The molecule has 2 heterocycles. The van der Waals surface area contributed by atoms with E-state index in [1.807, 2.05) is 23.9 Å². The van der Waals surface area contributed by atoms with Gasteiger partial charge in [0.15, 0.2) is 0 Å². The number of pyridine rings is 1. The Labute approximate surface area is 106 Å². The molecule has 0 aliphatic heterocycles. The minimum atomic E-state index is 0.0351. The van der Waals surface area contributed by atoms with Gasteiger partial charge in [-0.1, -0.05) is 11.6 Å². The Kier molecular flexibility index (Phi) is 3.76. The molecule has 4 nitrogen and oxygen atoms in total. The summed E-state index contributed by atoms with van der Waals surface area (Å²) in [5.41, 5.74) is 2.11. The zero-order chi connectivity index (χ0) is 12.3. The Morgan fingerprint density at radius 3 is 2.88 bits per heavy atom. The van der Waals surface area contributed by atoms with Gasteiger partial charge in [-0.25, -0.2) is 0 Å². The molecule has 0 saturated heterocycles. The molecule has 0 fully saturated rings. The maximum atomic E-state index is 6.18. The second-order valence-corrected chi connectivity index (χ2v) is 4.10.